The van der Waals surface area contributed by atoms with Gasteiger partial charge in [0.25, 0.3) is 0 Å². The van der Waals surface area contributed by atoms with Crippen molar-refractivity contribution in [1.29, 1.82) is 0 Å². The van der Waals surface area contributed by atoms with Crippen molar-refractivity contribution in [2.45, 2.75) is 85.0 Å². The zero-order valence-electron chi connectivity index (χ0n) is 20.6. The second kappa shape index (κ2) is 10.2. The number of benzene rings is 1. The minimum Gasteiger partial charge on any atom is -0.443 e. The van der Waals surface area contributed by atoms with Crippen LogP contribution in [0.4, 0.5) is 9.59 Å². The number of rotatable bonds is 4. The molecule has 1 saturated heterocycles. The van der Waals surface area contributed by atoms with E-state index in [2.05, 4.69) is 11.9 Å². The Balaban J connectivity index is 2.52. The number of allylic oxidation sites excluding steroid dienone is 1. The van der Waals surface area contributed by atoms with Crippen molar-refractivity contribution in [1.82, 2.24) is 9.80 Å². The Kier molecular flexibility index (Phi) is 8.10. The summed E-state index contributed by atoms with van der Waals surface area (Å²) in [5.41, 5.74) is 0.499. The van der Waals surface area contributed by atoms with E-state index in [1.807, 2.05) is 69.1 Å². The van der Waals surface area contributed by atoms with Crippen LogP contribution >= 0.6 is 0 Å². The number of carbonyl (C=O) groups excluding carboxylic acids is 2. The molecule has 7 heteroatoms. The first-order chi connectivity index (χ1) is 14.8. The molecule has 1 aromatic carbocycles. The number of nitrogens with zero attached hydrogens (tertiary/aromatic N) is 3. The Bertz CT molecular complexity index is 863. The summed E-state index contributed by atoms with van der Waals surface area (Å²) in [6, 6.07) is 9.91. The second-order valence-electron chi connectivity index (χ2n) is 9.94. The molecule has 1 aromatic rings. The molecule has 1 unspecified atom stereocenters. The summed E-state index contributed by atoms with van der Waals surface area (Å²) >= 11 is 0. The normalized spacial score (nSPS) is 19.6. The Morgan fingerprint density at radius 1 is 1.03 bits per heavy atom. The Morgan fingerprint density at radius 3 is 2.16 bits per heavy atom. The van der Waals surface area contributed by atoms with E-state index in [9.17, 15) is 9.59 Å². The second-order valence-corrected chi connectivity index (χ2v) is 9.94. The quantitative estimate of drug-likeness (QED) is 0.592. The minimum atomic E-state index is -0.743. The highest BCUT2D eigenvalue weighted by Crippen LogP contribution is 2.31. The predicted molar refractivity (Wildman–Crippen MR) is 126 cm³/mol. The number of carbonyl (C=O) groups is 2. The lowest BCUT2D eigenvalue weighted by atomic mass is 10.1. The lowest BCUT2D eigenvalue weighted by Gasteiger charge is -2.25. The molecule has 0 spiro atoms. The number of hydrogen-bond donors (Lipinski definition) is 0. The van der Waals surface area contributed by atoms with E-state index < -0.39 is 23.4 Å². The van der Waals surface area contributed by atoms with Crippen molar-refractivity contribution in [3.8, 4) is 0 Å². The lowest BCUT2D eigenvalue weighted by Crippen LogP contribution is -2.40. The largest absolute Gasteiger partial charge is 0.443 e. The van der Waals surface area contributed by atoms with Crippen LogP contribution in [0.5, 0.6) is 0 Å². The number of guanidine groups is 1. The van der Waals surface area contributed by atoms with Gasteiger partial charge in [0.15, 0.2) is 0 Å². The molecular weight excluding hydrogens is 406 g/mol. The molecule has 0 N–H and O–H groups in total. The first-order valence-electron chi connectivity index (χ1n) is 11.1. The molecule has 0 radical (unpaired) electrons. The van der Waals surface area contributed by atoms with Gasteiger partial charge >= 0.3 is 12.2 Å². The van der Waals surface area contributed by atoms with E-state index in [0.29, 0.717) is 6.42 Å². The lowest BCUT2D eigenvalue weighted by molar-refractivity contribution is 0.0413. The molecule has 176 valence electrons. The van der Waals surface area contributed by atoms with Crippen molar-refractivity contribution in [3.05, 3.63) is 47.7 Å². The van der Waals surface area contributed by atoms with Crippen LogP contribution in [0.15, 0.2) is 47.1 Å². The summed E-state index contributed by atoms with van der Waals surface area (Å²) in [4.78, 5) is 33.2. The van der Waals surface area contributed by atoms with Gasteiger partial charge in [-0.1, -0.05) is 49.8 Å². The zero-order valence-corrected chi connectivity index (χ0v) is 20.6. The summed E-state index contributed by atoms with van der Waals surface area (Å²) in [7, 11) is 1.84. The summed E-state index contributed by atoms with van der Waals surface area (Å²) in [5.74, 6) is 0.214. The van der Waals surface area contributed by atoms with E-state index in [-0.39, 0.29) is 12.0 Å². The highest BCUT2D eigenvalue weighted by molar-refractivity contribution is 6.03. The van der Waals surface area contributed by atoms with Gasteiger partial charge in [0.2, 0.25) is 5.96 Å². The average molecular weight is 444 g/mol. The molecule has 2 amide bonds. The number of likely N-dealkylation sites (N-methyl/N-ethyl adjacent to an activating group) is 1. The van der Waals surface area contributed by atoms with Crippen LogP contribution in [0.25, 0.3) is 0 Å². The molecular formula is C25H37N3O4. The molecule has 0 saturated carbocycles. The van der Waals surface area contributed by atoms with E-state index in [1.54, 1.807) is 20.8 Å². The summed E-state index contributed by atoms with van der Waals surface area (Å²) in [5, 5.41) is 0. The molecule has 1 fully saturated rings. The maximum absolute atomic E-state index is 13.3. The molecule has 7 nitrogen and oxygen atoms in total. The van der Waals surface area contributed by atoms with Crippen molar-refractivity contribution in [2.24, 2.45) is 4.99 Å². The van der Waals surface area contributed by atoms with Gasteiger partial charge in [0, 0.05) is 7.05 Å². The van der Waals surface area contributed by atoms with Gasteiger partial charge in [-0.15, -0.1) is 4.99 Å². The number of aliphatic imine (C=N–C) groups is 1. The van der Waals surface area contributed by atoms with Crippen LogP contribution in [-0.4, -0.2) is 52.2 Å². The van der Waals surface area contributed by atoms with Crippen molar-refractivity contribution in [2.75, 3.05) is 7.05 Å². The van der Waals surface area contributed by atoms with E-state index >= 15 is 0 Å². The van der Waals surface area contributed by atoms with Crippen molar-refractivity contribution in [3.63, 3.8) is 0 Å². The highest BCUT2D eigenvalue weighted by Gasteiger charge is 2.43. The molecule has 2 rings (SSSR count). The number of amides is 2. The van der Waals surface area contributed by atoms with Crippen molar-refractivity contribution >= 4 is 18.1 Å². The molecule has 1 heterocycles. The predicted octanol–water partition coefficient (Wildman–Crippen LogP) is 5.76. The summed E-state index contributed by atoms with van der Waals surface area (Å²) in [6.07, 6.45) is 3.05. The topological polar surface area (TPSA) is 71.4 Å². The first-order valence-corrected chi connectivity index (χ1v) is 11.1. The van der Waals surface area contributed by atoms with Crippen LogP contribution in [-0.2, 0) is 15.9 Å². The monoisotopic (exact) mass is 443 g/mol. The summed E-state index contributed by atoms with van der Waals surface area (Å²) in [6.45, 7) is 12.9. The molecule has 32 heavy (non-hydrogen) atoms. The molecule has 0 aromatic heterocycles. The highest BCUT2D eigenvalue weighted by atomic mass is 16.6. The number of ether oxygens (including phenoxy) is 2. The Labute approximate surface area is 192 Å². The van der Waals surface area contributed by atoms with Crippen LogP contribution in [0.1, 0.15) is 66.9 Å². The van der Waals surface area contributed by atoms with Crippen molar-refractivity contribution < 1.29 is 19.1 Å². The minimum absolute atomic E-state index is 0.114. The van der Waals surface area contributed by atoms with Gasteiger partial charge in [-0.3, -0.25) is 0 Å². The standard InChI is InChI=1S/C25H37N3O4/c1-9-13-19-20(17-16-18-14-11-10-12-15-18)28(23(30)32-25(5,6)7)21(27(19)8)26-22(29)31-24(2,3)4/h10-12,14-15,17,19H,9,13,16H2,1-8H3/b20-17-,26-21+. The van der Waals surface area contributed by atoms with Gasteiger partial charge < -0.3 is 14.4 Å². The average Bonchev–Trinajstić information content (AvgIpc) is 2.90. The van der Waals surface area contributed by atoms with E-state index in [4.69, 9.17) is 9.47 Å². The number of hydrogen-bond acceptors (Lipinski definition) is 4. The van der Waals surface area contributed by atoms with Crippen LogP contribution in [0.2, 0.25) is 0 Å². The third-order valence-electron chi connectivity index (χ3n) is 4.70. The fraction of sp³-hybridized carbons (Fsp3) is 0.560. The van der Waals surface area contributed by atoms with Gasteiger partial charge in [0.1, 0.15) is 11.2 Å². The maximum Gasteiger partial charge on any atom is 0.437 e. The third-order valence-corrected chi connectivity index (χ3v) is 4.70. The molecule has 1 aliphatic rings. The summed E-state index contributed by atoms with van der Waals surface area (Å²) < 4.78 is 11.1. The van der Waals surface area contributed by atoms with Crippen LogP contribution in [0, 0.1) is 0 Å². The SMILES string of the molecule is CCCC1/C(=C/Cc2ccccc2)N(C(=O)OC(C)(C)C)/C(=N/C(=O)OC(C)(C)C)N1C. The van der Waals surface area contributed by atoms with E-state index in [1.165, 1.54) is 4.90 Å². The Hall–Kier alpha value is -2.83. The van der Waals surface area contributed by atoms with Gasteiger partial charge in [-0.2, -0.15) is 0 Å². The van der Waals surface area contributed by atoms with Crippen LogP contribution < -0.4 is 0 Å². The molecule has 0 bridgehead atoms. The maximum atomic E-state index is 13.3. The fourth-order valence-corrected chi connectivity index (χ4v) is 3.43. The zero-order chi connectivity index (χ0) is 24.1. The Morgan fingerprint density at radius 2 is 1.62 bits per heavy atom. The first kappa shape index (κ1) is 25.4. The smallest absolute Gasteiger partial charge is 0.437 e. The van der Waals surface area contributed by atoms with Gasteiger partial charge in [-0.05, 0) is 59.9 Å². The third kappa shape index (κ3) is 7.11. The molecule has 1 atom stereocenters. The van der Waals surface area contributed by atoms with Crippen LogP contribution in [0.3, 0.4) is 0 Å². The van der Waals surface area contributed by atoms with Gasteiger partial charge in [-0.25, -0.2) is 14.5 Å². The molecule has 1 aliphatic heterocycles. The van der Waals surface area contributed by atoms with Gasteiger partial charge in [0.05, 0.1) is 11.7 Å². The molecule has 0 aliphatic carbocycles. The fourth-order valence-electron chi connectivity index (χ4n) is 3.43. The van der Waals surface area contributed by atoms with E-state index in [0.717, 1.165) is 24.1 Å².